The van der Waals surface area contributed by atoms with Gasteiger partial charge in [-0.2, -0.15) is 9.59 Å². The van der Waals surface area contributed by atoms with Gasteiger partial charge in [0.25, 0.3) is 5.91 Å². The van der Waals surface area contributed by atoms with Gasteiger partial charge in [0.05, 0.1) is 6.04 Å². The van der Waals surface area contributed by atoms with E-state index in [1.165, 1.54) is 34.5 Å². The Labute approximate surface area is 237 Å². The second-order valence-electron chi connectivity index (χ2n) is 9.54. The summed E-state index contributed by atoms with van der Waals surface area (Å²) in [5.74, 6) is -0.601. The van der Waals surface area contributed by atoms with Crippen molar-refractivity contribution in [1.82, 2.24) is 9.88 Å². The molecule has 1 amide bonds. The standard InChI is InChI=1S/C32H28ClFN2O.CO2/c1-20-22(3)36(19-23-9-11-25(12-10-23)24-7-5-4-6-8-24)31-16-13-26(17-29(20)31)32(37)35-21(2)28-15-14-27(34)18-30(28)33;2-1-3/h4-18,21H,19H2,1-3H3,(H,35,37);/t21-;/m0./s1. The highest BCUT2D eigenvalue weighted by atomic mass is 35.5. The van der Waals surface area contributed by atoms with Crippen LogP contribution in [0.15, 0.2) is 91.0 Å². The molecule has 0 saturated carbocycles. The van der Waals surface area contributed by atoms with E-state index in [0.717, 1.165) is 23.0 Å². The lowest BCUT2D eigenvalue weighted by molar-refractivity contribution is -0.191. The number of amides is 1. The van der Waals surface area contributed by atoms with E-state index in [9.17, 15) is 9.18 Å². The summed E-state index contributed by atoms with van der Waals surface area (Å²) < 4.78 is 15.7. The first kappa shape index (κ1) is 28.5. The summed E-state index contributed by atoms with van der Waals surface area (Å²) in [7, 11) is 0. The maximum absolute atomic E-state index is 13.4. The number of carbonyl (C=O) groups is 1. The number of hydrogen-bond donors (Lipinski definition) is 1. The molecule has 202 valence electrons. The summed E-state index contributed by atoms with van der Waals surface area (Å²) in [6.07, 6.45) is 0.250. The fourth-order valence-electron chi connectivity index (χ4n) is 4.82. The molecule has 7 heteroatoms. The van der Waals surface area contributed by atoms with Crippen molar-refractivity contribution in [2.75, 3.05) is 0 Å². The number of nitrogens with zero attached hydrogens (tertiary/aromatic N) is 1. The lowest BCUT2D eigenvalue weighted by Gasteiger charge is -2.16. The van der Waals surface area contributed by atoms with Crippen LogP contribution in [0, 0.1) is 19.7 Å². The van der Waals surface area contributed by atoms with Crippen molar-refractivity contribution in [2.45, 2.75) is 33.4 Å². The molecule has 0 fully saturated rings. The number of aromatic nitrogens is 1. The maximum Gasteiger partial charge on any atom is 0.373 e. The van der Waals surface area contributed by atoms with Crippen molar-refractivity contribution in [3.63, 3.8) is 0 Å². The molecule has 0 saturated heterocycles. The quantitative estimate of drug-likeness (QED) is 0.234. The maximum atomic E-state index is 13.4. The molecule has 4 aromatic carbocycles. The zero-order valence-corrected chi connectivity index (χ0v) is 23.1. The smallest absolute Gasteiger partial charge is 0.345 e. The molecule has 0 unspecified atom stereocenters. The Morgan fingerprint density at radius 2 is 1.57 bits per heavy atom. The molecule has 0 bridgehead atoms. The Bertz CT molecular complexity index is 1690. The van der Waals surface area contributed by atoms with Crippen LogP contribution in [0.25, 0.3) is 22.0 Å². The van der Waals surface area contributed by atoms with E-state index in [2.05, 4.69) is 72.3 Å². The summed E-state index contributed by atoms with van der Waals surface area (Å²) in [6, 6.07) is 28.7. The molecule has 0 radical (unpaired) electrons. The second-order valence-corrected chi connectivity index (χ2v) is 9.94. The molecule has 5 nitrogen and oxygen atoms in total. The van der Waals surface area contributed by atoms with Gasteiger partial charge >= 0.3 is 6.15 Å². The molecule has 1 atom stereocenters. The molecule has 0 aliphatic carbocycles. The van der Waals surface area contributed by atoms with Gasteiger partial charge < -0.3 is 9.88 Å². The predicted octanol–water partition coefficient (Wildman–Crippen LogP) is 7.67. The van der Waals surface area contributed by atoms with Crippen molar-refractivity contribution in [3.8, 4) is 11.1 Å². The number of halogens is 2. The highest BCUT2D eigenvalue weighted by molar-refractivity contribution is 6.31. The van der Waals surface area contributed by atoms with Crippen molar-refractivity contribution in [1.29, 1.82) is 0 Å². The summed E-state index contributed by atoms with van der Waals surface area (Å²) in [4.78, 5) is 29.3. The minimum atomic E-state index is -0.403. The van der Waals surface area contributed by atoms with Crippen LogP contribution in [0.2, 0.25) is 5.02 Å². The average Bonchev–Trinajstić information content (AvgIpc) is 3.18. The fraction of sp³-hybridized carbons (Fsp3) is 0.152. The molecule has 0 spiro atoms. The summed E-state index contributed by atoms with van der Waals surface area (Å²) in [6.45, 7) is 6.79. The summed E-state index contributed by atoms with van der Waals surface area (Å²) in [5.41, 5.74) is 8.28. The largest absolute Gasteiger partial charge is 0.373 e. The third kappa shape index (κ3) is 6.20. The predicted molar refractivity (Wildman–Crippen MR) is 155 cm³/mol. The Kier molecular flexibility index (Phi) is 8.95. The zero-order chi connectivity index (χ0) is 28.8. The number of fused-ring (bicyclic) bond motifs is 1. The number of aryl methyl sites for hydroxylation is 1. The summed E-state index contributed by atoms with van der Waals surface area (Å²) in [5, 5.41) is 4.33. The van der Waals surface area contributed by atoms with Crippen LogP contribution in [-0.4, -0.2) is 16.6 Å². The lowest BCUT2D eigenvalue weighted by atomic mass is 10.0. The van der Waals surface area contributed by atoms with Gasteiger partial charge in [-0.3, -0.25) is 4.79 Å². The van der Waals surface area contributed by atoms with Gasteiger partial charge in [0, 0.05) is 33.7 Å². The lowest BCUT2D eigenvalue weighted by Crippen LogP contribution is -2.26. The van der Waals surface area contributed by atoms with Crippen LogP contribution in [0.5, 0.6) is 0 Å². The molecule has 1 aromatic heterocycles. The molecule has 0 aliphatic heterocycles. The highest BCUT2D eigenvalue weighted by Crippen LogP contribution is 2.29. The third-order valence-electron chi connectivity index (χ3n) is 7.08. The van der Waals surface area contributed by atoms with Crippen molar-refractivity contribution >= 4 is 34.6 Å². The molecular formula is C33H28ClFN2O3. The third-order valence-corrected chi connectivity index (χ3v) is 7.41. The molecular weight excluding hydrogens is 527 g/mol. The van der Waals surface area contributed by atoms with E-state index < -0.39 is 5.82 Å². The van der Waals surface area contributed by atoms with Gasteiger partial charge in [0.15, 0.2) is 0 Å². The molecule has 5 rings (SSSR count). The molecule has 5 aromatic rings. The molecule has 40 heavy (non-hydrogen) atoms. The second kappa shape index (κ2) is 12.6. The highest BCUT2D eigenvalue weighted by Gasteiger charge is 2.17. The topological polar surface area (TPSA) is 68.2 Å². The van der Waals surface area contributed by atoms with E-state index in [1.807, 2.05) is 31.2 Å². The Hall–Kier alpha value is -4.51. The van der Waals surface area contributed by atoms with Gasteiger partial charge in [-0.05, 0) is 78.9 Å². The van der Waals surface area contributed by atoms with Crippen LogP contribution >= 0.6 is 11.6 Å². The van der Waals surface area contributed by atoms with Crippen LogP contribution in [0.3, 0.4) is 0 Å². The van der Waals surface area contributed by atoms with E-state index >= 15 is 0 Å². The van der Waals surface area contributed by atoms with E-state index in [0.29, 0.717) is 16.1 Å². The first-order valence-electron chi connectivity index (χ1n) is 12.7. The van der Waals surface area contributed by atoms with Gasteiger partial charge in [0.1, 0.15) is 5.82 Å². The fourth-order valence-corrected chi connectivity index (χ4v) is 5.15. The SMILES string of the molecule is Cc1c(C)n(Cc2ccc(-c3ccccc3)cc2)c2ccc(C(=O)N[C@@H](C)c3ccc(F)cc3Cl)cc12.O=C=O. The number of nitrogens with one attached hydrogen (secondary N) is 1. The van der Waals surface area contributed by atoms with Crippen LogP contribution in [-0.2, 0) is 16.1 Å². The van der Waals surface area contributed by atoms with Crippen molar-refractivity contribution in [3.05, 3.63) is 130 Å². The zero-order valence-electron chi connectivity index (χ0n) is 22.4. The van der Waals surface area contributed by atoms with Crippen LogP contribution in [0.4, 0.5) is 4.39 Å². The Balaban J connectivity index is 0.00000118. The first-order valence-corrected chi connectivity index (χ1v) is 13.1. The first-order chi connectivity index (χ1) is 19.2. The Morgan fingerprint density at radius 3 is 2.23 bits per heavy atom. The van der Waals surface area contributed by atoms with E-state index in [-0.39, 0.29) is 18.1 Å². The van der Waals surface area contributed by atoms with Crippen molar-refractivity contribution < 1.29 is 18.8 Å². The van der Waals surface area contributed by atoms with E-state index in [4.69, 9.17) is 21.2 Å². The monoisotopic (exact) mass is 554 g/mol. The number of rotatable bonds is 6. The minimum Gasteiger partial charge on any atom is -0.345 e. The van der Waals surface area contributed by atoms with Crippen LogP contribution < -0.4 is 5.32 Å². The van der Waals surface area contributed by atoms with Gasteiger partial charge in [-0.15, -0.1) is 0 Å². The number of benzene rings is 4. The average molecular weight is 555 g/mol. The van der Waals surface area contributed by atoms with Crippen molar-refractivity contribution in [2.24, 2.45) is 0 Å². The van der Waals surface area contributed by atoms with E-state index in [1.54, 1.807) is 6.07 Å². The van der Waals surface area contributed by atoms with Crippen LogP contribution in [0.1, 0.15) is 45.7 Å². The minimum absolute atomic E-state index is 0.198. The number of hydrogen-bond acceptors (Lipinski definition) is 3. The van der Waals surface area contributed by atoms with Gasteiger partial charge in [-0.25, -0.2) is 4.39 Å². The molecule has 0 aliphatic rings. The molecule has 1 heterocycles. The normalized spacial score (nSPS) is 11.3. The number of carbonyl (C=O) groups excluding carboxylic acids is 3. The molecule has 1 N–H and O–H groups in total. The Morgan fingerprint density at radius 1 is 0.925 bits per heavy atom. The van der Waals surface area contributed by atoms with Gasteiger partial charge in [0.2, 0.25) is 0 Å². The van der Waals surface area contributed by atoms with Gasteiger partial charge in [-0.1, -0.05) is 72.3 Å². The summed E-state index contributed by atoms with van der Waals surface area (Å²) >= 11 is 6.19.